The van der Waals surface area contributed by atoms with Crippen LogP contribution in [0.25, 0.3) is 10.9 Å². The number of anilines is 2. The summed E-state index contributed by atoms with van der Waals surface area (Å²) in [6.45, 7) is 0. The van der Waals surface area contributed by atoms with E-state index in [1.54, 1.807) is 24.3 Å². The van der Waals surface area contributed by atoms with Crippen molar-refractivity contribution < 1.29 is 22.9 Å². The number of carbonyl (C=O) groups is 1. The highest BCUT2D eigenvalue weighted by Crippen LogP contribution is 2.35. The predicted octanol–water partition coefficient (Wildman–Crippen LogP) is 4.60. The Morgan fingerprint density at radius 1 is 1.06 bits per heavy atom. The number of aromatic nitrogens is 1. The second-order valence-electron chi connectivity index (χ2n) is 7.08. The first-order valence-electron chi connectivity index (χ1n) is 9.72. The molecule has 0 radical (unpaired) electrons. The first-order valence-corrected chi connectivity index (χ1v) is 11.6. The SMILES string of the molecule is COc1ccc(S(=O)(=O)NC(=O)c2cc3c(Nc4ccccc4Cl)ccc([N+](=O)[O-])c3[nH]2)cc1. The number of nitrogens with one attached hydrogen (secondary N) is 3. The van der Waals surface area contributed by atoms with E-state index in [-0.39, 0.29) is 21.8 Å². The van der Waals surface area contributed by atoms with E-state index in [4.69, 9.17) is 16.3 Å². The molecule has 1 heterocycles. The Labute approximate surface area is 198 Å². The van der Waals surface area contributed by atoms with Gasteiger partial charge in [0.2, 0.25) is 0 Å². The van der Waals surface area contributed by atoms with Crippen LogP contribution in [0.1, 0.15) is 10.5 Å². The molecule has 34 heavy (non-hydrogen) atoms. The van der Waals surface area contributed by atoms with Gasteiger partial charge in [0.05, 0.1) is 27.6 Å². The van der Waals surface area contributed by atoms with E-state index in [9.17, 15) is 23.3 Å². The van der Waals surface area contributed by atoms with Gasteiger partial charge in [0, 0.05) is 17.1 Å². The van der Waals surface area contributed by atoms with Crippen molar-refractivity contribution in [3.63, 3.8) is 0 Å². The van der Waals surface area contributed by atoms with Crippen LogP contribution < -0.4 is 14.8 Å². The molecular formula is C22H17ClN4O6S. The van der Waals surface area contributed by atoms with Crippen molar-refractivity contribution >= 4 is 55.5 Å². The molecule has 10 nitrogen and oxygen atoms in total. The number of nitrogens with zero attached hydrogens (tertiary/aromatic N) is 1. The molecular weight excluding hydrogens is 484 g/mol. The Bertz CT molecular complexity index is 1520. The number of hydrogen-bond donors (Lipinski definition) is 3. The number of benzene rings is 3. The average molecular weight is 501 g/mol. The quantitative estimate of drug-likeness (QED) is 0.248. The van der Waals surface area contributed by atoms with Crippen LogP contribution in [-0.2, 0) is 10.0 Å². The van der Waals surface area contributed by atoms with Crippen LogP contribution >= 0.6 is 11.6 Å². The Morgan fingerprint density at radius 3 is 2.41 bits per heavy atom. The number of fused-ring (bicyclic) bond motifs is 1. The number of carbonyl (C=O) groups excluding carboxylic acids is 1. The summed E-state index contributed by atoms with van der Waals surface area (Å²) in [5.74, 6) is -0.531. The molecule has 0 aliphatic rings. The number of nitro groups is 1. The third-order valence-electron chi connectivity index (χ3n) is 4.95. The van der Waals surface area contributed by atoms with Gasteiger partial charge in [-0.05, 0) is 48.5 Å². The van der Waals surface area contributed by atoms with Crippen molar-refractivity contribution in [2.75, 3.05) is 12.4 Å². The third-order valence-corrected chi connectivity index (χ3v) is 6.63. The lowest BCUT2D eigenvalue weighted by Crippen LogP contribution is -2.30. The summed E-state index contributed by atoms with van der Waals surface area (Å²) in [6, 6.07) is 16.4. The lowest BCUT2D eigenvalue weighted by atomic mass is 10.1. The number of aromatic amines is 1. The molecule has 4 rings (SSSR count). The van der Waals surface area contributed by atoms with Gasteiger partial charge in [-0.2, -0.15) is 0 Å². The van der Waals surface area contributed by atoms with Crippen molar-refractivity contribution in [3.8, 4) is 5.75 Å². The van der Waals surface area contributed by atoms with E-state index in [1.807, 2.05) is 4.72 Å². The minimum Gasteiger partial charge on any atom is -0.497 e. The van der Waals surface area contributed by atoms with Gasteiger partial charge < -0.3 is 15.0 Å². The van der Waals surface area contributed by atoms with Crippen LogP contribution in [0.5, 0.6) is 5.75 Å². The fraction of sp³-hybridized carbons (Fsp3) is 0.0455. The van der Waals surface area contributed by atoms with Gasteiger partial charge in [-0.1, -0.05) is 23.7 Å². The van der Waals surface area contributed by atoms with Crippen LogP contribution in [0.3, 0.4) is 0 Å². The number of para-hydroxylation sites is 1. The van der Waals surface area contributed by atoms with E-state index in [0.29, 0.717) is 27.5 Å². The van der Waals surface area contributed by atoms with E-state index in [0.717, 1.165) is 0 Å². The topological polar surface area (TPSA) is 143 Å². The zero-order valence-electron chi connectivity index (χ0n) is 17.5. The predicted molar refractivity (Wildman–Crippen MR) is 127 cm³/mol. The number of rotatable bonds is 7. The van der Waals surface area contributed by atoms with Gasteiger partial charge in [-0.3, -0.25) is 14.9 Å². The van der Waals surface area contributed by atoms with Crippen molar-refractivity contribution in [2.24, 2.45) is 0 Å². The maximum absolute atomic E-state index is 12.8. The number of hydrogen-bond acceptors (Lipinski definition) is 7. The molecule has 0 bridgehead atoms. The molecule has 3 aromatic carbocycles. The Hall–Kier alpha value is -4.09. The summed E-state index contributed by atoms with van der Waals surface area (Å²) < 4.78 is 32.2. The zero-order valence-corrected chi connectivity index (χ0v) is 19.1. The molecule has 0 unspecified atom stereocenters. The Kier molecular flexibility index (Phi) is 6.14. The summed E-state index contributed by atoms with van der Waals surface area (Å²) in [4.78, 5) is 26.2. The van der Waals surface area contributed by atoms with Crippen molar-refractivity contribution in [3.05, 3.63) is 87.6 Å². The summed E-state index contributed by atoms with van der Waals surface area (Å²) in [5.41, 5.74) is 0.574. The van der Waals surface area contributed by atoms with Gasteiger partial charge in [-0.25, -0.2) is 13.1 Å². The molecule has 174 valence electrons. The average Bonchev–Trinajstić information content (AvgIpc) is 3.26. The minimum absolute atomic E-state index is 0.0500. The van der Waals surface area contributed by atoms with E-state index < -0.39 is 20.9 Å². The molecule has 0 saturated heterocycles. The standard InChI is InChI=1S/C22H17ClN4O6S/c1-33-13-6-8-14(9-7-13)34(31,32)26-22(28)19-12-15-17(24-18-5-3-2-4-16(18)23)10-11-20(27(29)30)21(15)25-19/h2-12,24-25H,1H3,(H,26,28). The number of ether oxygens (including phenoxy) is 1. The first-order chi connectivity index (χ1) is 16.2. The van der Waals surface area contributed by atoms with Gasteiger partial charge in [-0.15, -0.1) is 0 Å². The number of methoxy groups -OCH3 is 1. The lowest BCUT2D eigenvalue weighted by molar-refractivity contribution is -0.383. The molecule has 3 N–H and O–H groups in total. The van der Waals surface area contributed by atoms with Crippen LogP contribution in [0.15, 0.2) is 71.6 Å². The van der Waals surface area contributed by atoms with Gasteiger partial charge in [0.15, 0.2) is 0 Å². The monoisotopic (exact) mass is 500 g/mol. The number of sulfonamides is 1. The molecule has 0 saturated carbocycles. The Morgan fingerprint density at radius 2 is 1.76 bits per heavy atom. The number of amides is 1. The minimum atomic E-state index is -4.20. The Balaban J connectivity index is 1.71. The molecule has 0 atom stereocenters. The van der Waals surface area contributed by atoms with Gasteiger partial charge in [0.25, 0.3) is 21.6 Å². The summed E-state index contributed by atoms with van der Waals surface area (Å²) in [5, 5.41) is 15.3. The fourth-order valence-corrected chi connectivity index (χ4v) is 4.44. The second-order valence-corrected chi connectivity index (χ2v) is 9.17. The van der Waals surface area contributed by atoms with Crippen LogP contribution in [0.2, 0.25) is 5.02 Å². The maximum atomic E-state index is 12.8. The molecule has 0 aliphatic carbocycles. The molecule has 1 aromatic heterocycles. The van der Waals surface area contributed by atoms with Crippen molar-refractivity contribution in [1.29, 1.82) is 0 Å². The number of halogens is 1. The molecule has 0 aliphatic heterocycles. The van der Waals surface area contributed by atoms with Crippen LogP contribution in [-0.4, -0.2) is 31.3 Å². The fourth-order valence-electron chi connectivity index (χ4n) is 3.29. The molecule has 0 fully saturated rings. The van der Waals surface area contributed by atoms with Gasteiger partial charge in [0.1, 0.15) is 17.0 Å². The molecule has 1 amide bonds. The number of nitro benzene ring substituents is 1. The summed E-state index contributed by atoms with van der Waals surface area (Å²) in [6.07, 6.45) is 0. The number of non-ortho nitro benzene ring substituents is 1. The molecule has 0 spiro atoms. The smallest absolute Gasteiger partial charge is 0.293 e. The van der Waals surface area contributed by atoms with Crippen molar-refractivity contribution in [2.45, 2.75) is 4.90 Å². The molecule has 12 heteroatoms. The maximum Gasteiger partial charge on any atom is 0.293 e. The zero-order chi connectivity index (χ0) is 24.5. The largest absolute Gasteiger partial charge is 0.497 e. The highest BCUT2D eigenvalue weighted by Gasteiger charge is 2.24. The van der Waals surface area contributed by atoms with Crippen LogP contribution in [0, 0.1) is 10.1 Å². The van der Waals surface area contributed by atoms with E-state index in [1.165, 1.54) is 49.6 Å². The third kappa shape index (κ3) is 4.51. The molecule has 4 aromatic rings. The normalized spacial score (nSPS) is 11.2. The summed E-state index contributed by atoms with van der Waals surface area (Å²) >= 11 is 6.20. The highest BCUT2D eigenvalue weighted by molar-refractivity contribution is 7.90. The first kappa shape index (κ1) is 23.1. The van der Waals surface area contributed by atoms with E-state index in [2.05, 4.69) is 10.3 Å². The second kappa shape index (κ2) is 9.04. The lowest BCUT2D eigenvalue weighted by Gasteiger charge is -2.09. The number of H-pyrrole nitrogens is 1. The van der Waals surface area contributed by atoms with Gasteiger partial charge >= 0.3 is 0 Å². The van der Waals surface area contributed by atoms with E-state index >= 15 is 0 Å². The van der Waals surface area contributed by atoms with Crippen LogP contribution in [0.4, 0.5) is 17.1 Å². The highest BCUT2D eigenvalue weighted by atomic mass is 35.5. The van der Waals surface area contributed by atoms with Crippen molar-refractivity contribution in [1.82, 2.24) is 9.71 Å². The summed E-state index contributed by atoms with van der Waals surface area (Å²) in [7, 11) is -2.76.